The Balaban J connectivity index is 1.42. The minimum absolute atomic E-state index is 0.0702. The second kappa shape index (κ2) is 9.11. The van der Waals surface area contributed by atoms with Crippen LogP contribution in [-0.2, 0) is 20.4 Å². The van der Waals surface area contributed by atoms with Crippen molar-refractivity contribution in [3.8, 4) is 5.69 Å². The molecule has 1 saturated carbocycles. The van der Waals surface area contributed by atoms with Gasteiger partial charge in [0.25, 0.3) is 5.82 Å². The summed E-state index contributed by atoms with van der Waals surface area (Å²) in [4.78, 5) is 17.2. The first-order chi connectivity index (χ1) is 18.6. The van der Waals surface area contributed by atoms with Crippen LogP contribution in [0.15, 0.2) is 40.8 Å². The molecule has 4 unspecified atom stereocenters. The summed E-state index contributed by atoms with van der Waals surface area (Å²) in [6.07, 6.45) is -3.25. The standard InChI is InChI=1S/C26H23F4N5O4/c1-13-31-22-19(9-17(10-20(22)39-13)35-24(26(28,29)30)32-33-34-35)15-11-25(38-12-15)8-7-18(23(36)37-2)21(25)14-3-5-16(27)6-4-14/h3-6,9-10,15,18,21H,7-8,11-12H2,1-2H3. The number of methoxy groups -OCH3 is 1. The van der Waals surface area contributed by atoms with Crippen LogP contribution in [0, 0.1) is 18.7 Å². The van der Waals surface area contributed by atoms with E-state index in [1.165, 1.54) is 25.3 Å². The fraction of sp³-hybridized carbons (Fsp3) is 0.423. The molecule has 2 aromatic carbocycles. The maximum absolute atomic E-state index is 13.7. The second-order valence-corrected chi connectivity index (χ2v) is 10.0. The van der Waals surface area contributed by atoms with Gasteiger partial charge in [-0.3, -0.25) is 4.79 Å². The quantitative estimate of drug-likeness (QED) is 0.264. The minimum atomic E-state index is -4.77. The fourth-order valence-electron chi connectivity index (χ4n) is 6.21. The van der Waals surface area contributed by atoms with E-state index in [0.29, 0.717) is 46.5 Å². The van der Waals surface area contributed by atoms with E-state index in [4.69, 9.17) is 13.9 Å². The van der Waals surface area contributed by atoms with Crippen LogP contribution in [0.4, 0.5) is 17.6 Å². The van der Waals surface area contributed by atoms with Crippen molar-refractivity contribution in [1.29, 1.82) is 0 Å². The van der Waals surface area contributed by atoms with Gasteiger partial charge >= 0.3 is 12.1 Å². The molecule has 1 aliphatic heterocycles. The predicted octanol–water partition coefficient (Wildman–Crippen LogP) is 4.88. The van der Waals surface area contributed by atoms with Gasteiger partial charge in [-0.25, -0.2) is 9.37 Å². The Kier molecular flexibility index (Phi) is 5.93. The molecule has 9 nitrogen and oxygen atoms in total. The lowest BCUT2D eigenvalue weighted by Gasteiger charge is -2.33. The molecule has 1 saturated heterocycles. The van der Waals surface area contributed by atoms with Gasteiger partial charge in [0.2, 0.25) is 0 Å². The highest BCUT2D eigenvalue weighted by Crippen LogP contribution is 2.57. The molecule has 2 fully saturated rings. The molecule has 0 N–H and O–H groups in total. The first kappa shape index (κ1) is 25.4. The number of ether oxygens (including phenoxy) is 2. The zero-order valence-electron chi connectivity index (χ0n) is 20.9. The van der Waals surface area contributed by atoms with E-state index >= 15 is 0 Å². The van der Waals surface area contributed by atoms with Gasteiger partial charge in [0, 0.05) is 24.8 Å². The first-order valence-corrected chi connectivity index (χ1v) is 12.3. The van der Waals surface area contributed by atoms with Crippen molar-refractivity contribution in [2.45, 2.75) is 49.8 Å². The zero-order valence-corrected chi connectivity index (χ0v) is 20.9. The summed E-state index contributed by atoms with van der Waals surface area (Å²) in [6, 6.07) is 8.98. The Bertz CT molecular complexity index is 1550. The summed E-state index contributed by atoms with van der Waals surface area (Å²) in [5, 5.41) is 9.93. The van der Waals surface area contributed by atoms with Gasteiger partial charge < -0.3 is 13.9 Å². The number of halogens is 4. The predicted molar refractivity (Wildman–Crippen MR) is 126 cm³/mol. The van der Waals surface area contributed by atoms with Gasteiger partial charge in [-0.1, -0.05) is 12.1 Å². The lowest BCUT2D eigenvalue weighted by Crippen LogP contribution is -2.35. The number of carbonyl (C=O) groups is 1. The van der Waals surface area contributed by atoms with E-state index in [1.807, 2.05) is 0 Å². The number of tetrazole rings is 1. The van der Waals surface area contributed by atoms with Crippen molar-refractivity contribution in [1.82, 2.24) is 25.2 Å². The highest BCUT2D eigenvalue weighted by Gasteiger charge is 2.56. The maximum atomic E-state index is 13.7. The van der Waals surface area contributed by atoms with Crippen molar-refractivity contribution >= 4 is 17.1 Å². The average Bonchev–Trinajstić information content (AvgIpc) is 3.69. The molecule has 0 amide bonds. The number of oxazole rings is 1. The Morgan fingerprint density at radius 3 is 2.69 bits per heavy atom. The SMILES string of the molecule is COC(=O)C1CCC2(CC(c3cc(-n4nnnc4C(F)(F)F)cc4oc(C)nc34)CO2)C1c1ccc(F)cc1. The monoisotopic (exact) mass is 545 g/mol. The normalized spacial score (nSPS) is 25.1. The third-order valence-electron chi connectivity index (χ3n) is 7.77. The van der Waals surface area contributed by atoms with E-state index in [0.717, 1.165) is 5.56 Å². The molecular formula is C26H23F4N5O4. The third kappa shape index (κ3) is 4.24. The number of nitrogens with zero attached hydrogens (tertiary/aromatic N) is 5. The van der Waals surface area contributed by atoms with Crippen molar-refractivity contribution in [3.05, 3.63) is 65.1 Å². The molecule has 13 heteroatoms. The second-order valence-electron chi connectivity index (χ2n) is 10.0. The highest BCUT2D eigenvalue weighted by molar-refractivity contribution is 5.80. The highest BCUT2D eigenvalue weighted by atomic mass is 19.4. The van der Waals surface area contributed by atoms with Gasteiger partial charge in [0.1, 0.15) is 11.3 Å². The molecule has 1 aliphatic carbocycles. The van der Waals surface area contributed by atoms with E-state index < -0.39 is 35.3 Å². The van der Waals surface area contributed by atoms with Crippen molar-refractivity contribution in [2.75, 3.05) is 13.7 Å². The van der Waals surface area contributed by atoms with Crippen molar-refractivity contribution in [3.63, 3.8) is 0 Å². The molecule has 4 atom stereocenters. The molecule has 4 aromatic rings. The summed E-state index contributed by atoms with van der Waals surface area (Å²) in [6.45, 7) is 1.88. The third-order valence-corrected chi connectivity index (χ3v) is 7.77. The Morgan fingerprint density at radius 2 is 1.97 bits per heavy atom. The number of rotatable bonds is 4. The lowest BCUT2D eigenvalue weighted by atomic mass is 9.76. The zero-order chi connectivity index (χ0) is 27.5. The number of hydrogen-bond donors (Lipinski definition) is 0. The van der Waals surface area contributed by atoms with E-state index in [-0.39, 0.29) is 24.2 Å². The molecule has 204 valence electrons. The molecule has 6 rings (SSSR count). The van der Waals surface area contributed by atoms with Crippen LogP contribution in [0.1, 0.15) is 53.9 Å². The number of carbonyl (C=O) groups excluding carboxylic acids is 1. The van der Waals surface area contributed by atoms with Gasteiger partial charge in [0.15, 0.2) is 11.5 Å². The minimum Gasteiger partial charge on any atom is -0.469 e. The summed E-state index contributed by atoms with van der Waals surface area (Å²) < 4.78 is 72.3. The number of alkyl halides is 3. The Morgan fingerprint density at radius 1 is 1.21 bits per heavy atom. The van der Waals surface area contributed by atoms with Gasteiger partial charge in [-0.05, 0) is 59.0 Å². The van der Waals surface area contributed by atoms with Gasteiger partial charge in [-0.15, -0.1) is 5.10 Å². The first-order valence-electron chi connectivity index (χ1n) is 12.3. The Labute approximate surface area is 219 Å². The maximum Gasteiger partial charge on any atom is 0.453 e. The number of esters is 1. The molecular weight excluding hydrogens is 522 g/mol. The summed E-state index contributed by atoms with van der Waals surface area (Å²) in [7, 11) is 1.33. The van der Waals surface area contributed by atoms with Crippen molar-refractivity contribution in [2.24, 2.45) is 5.92 Å². The number of aromatic nitrogens is 5. The molecule has 0 bridgehead atoms. The lowest BCUT2D eigenvalue weighted by molar-refractivity contribution is -0.147. The number of hydrogen-bond acceptors (Lipinski definition) is 8. The van der Waals surface area contributed by atoms with E-state index in [1.54, 1.807) is 25.1 Å². The summed E-state index contributed by atoms with van der Waals surface area (Å²) >= 11 is 0. The fourth-order valence-corrected chi connectivity index (χ4v) is 6.21. The van der Waals surface area contributed by atoms with E-state index in [2.05, 4.69) is 20.5 Å². The molecule has 3 heterocycles. The largest absolute Gasteiger partial charge is 0.469 e. The number of fused-ring (bicyclic) bond motifs is 1. The number of benzene rings is 2. The van der Waals surface area contributed by atoms with Crippen molar-refractivity contribution < 1.29 is 36.2 Å². The molecule has 1 spiro atoms. The van der Waals surface area contributed by atoms with Crippen LogP contribution in [0.2, 0.25) is 0 Å². The van der Waals surface area contributed by atoms with Crippen LogP contribution in [0.5, 0.6) is 0 Å². The smallest absolute Gasteiger partial charge is 0.453 e. The summed E-state index contributed by atoms with van der Waals surface area (Å²) in [5.74, 6) is -2.87. The topological polar surface area (TPSA) is 105 Å². The molecule has 2 aromatic heterocycles. The number of aryl methyl sites for hydroxylation is 1. The van der Waals surface area contributed by atoms with Gasteiger partial charge in [0.05, 0.1) is 30.9 Å². The average molecular weight is 545 g/mol. The molecule has 0 radical (unpaired) electrons. The van der Waals surface area contributed by atoms with Crippen LogP contribution in [0.25, 0.3) is 16.8 Å². The molecule has 2 aliphatic rings. The molecule has 39 heavy (non-hydrogen) atoms. The van der Waals surface area contributed by atoms with Crippen LogP contribution < -0.4 is 0 Å². The van der Waals surface area contributed by atoms with Crippen LogP contribution in [0.3, 0.4) is 0 Å². The Hall–Kier alpha value is -3.87. The van der Waals surface area contributed by atoms with E-state index in [9.17, 15) is 22.4 Å². The van der Waals surface area contributed by atoms with Gasteiger partial charge in [-0.2, -0.15) is 17.9 Å². The van der Waals surface area contributed by atoms with Crippen LogP contribution in [-0.4, -0.2) is 50.5 Å². The summed E-state index contributed by atoms with van der Waals surface area (Å²) in [5.41, 5.74) is 1.47. The van der Waals surface area contributed by atoms with Crippen LogP contribution >= 0.6 is 0 Å².